The predicted molar refractivity (Wildman–Crippen MR) is 105 cm³/mol. The third kappa shape index (κ3) is 10.1. The van der Waals surface area contributed by atoms with Gasteiger partial charge < -0.3 is 0 Å². The highest BCUT2D eigenvalue weighted by atomic mass is 14.7. The summed E-state index contributed by atoms with van der Waals surface area (Å²) >= 11 is 0. The Morgan fingerprint density at radius 2 is 1.48 bits per heavy atom. The molecule has 23 heavy (non-hydrogen) atoms. The Kier molecular flexibility index (Phi) is 9.59. The maximum absolute atomic E-state index is 4.88. The van der Waals surface area contributed by atoms with E-state index in [1.165, 1.54) is 43.4 Å². The molecule has 0 amide bonds. The lowest BCUT2D eigenvalue weighted by Crippen LogP contribution is -1.98. The van der Waals surface area contributed by atoms with E-state index in [2.05, 4.69) is 65.0 Å². The Hall–Kier alpha value is -1.37. The summed E-state index contributed by atoms with van der Waals surface area (Å²) in [7, 11) is 0. The zero-order valence-electron chi connectivity index (χ0n) is 15.8. The van der Waals surface area contributed by atoms with Crippen molar-refractivity contribution in [1.29, 1.82) is 0 Å². The molecule has 1 aromatic rings. The molecule has 0 aliphatic heterocycles. The molecule has 0 aromatic heterocycles. The van der Waals surface area contributed by atoms with E-state index in [1.807, 2.05) is 6.07 Å². The number of hydrogen-bond acceptors (Lipinski definition) is 1. The lowest BCUT2D eigenvalue weighted by Gasteiger charge is -2.08. The summed E-state index contributed by atoms with van der Waals surface area (Å²) in [6, 6.07) is 10.3. The molecule has 0 fully saturated rings. The number of aliphatic imine (C=N–C) groups is 1. The molecule has 0 heterocycles. The quantitative estimate of drug-likeness (QED) is 0.400. The molecule has 0 bridgehead atoms. The molecule has 1 heteroatoms. The lowest BCUT2D eigenvalue weighted by atomic mass is 10.0. The van der Waals surface area contributed by atoms with Crippen molar-refractivity contribution in [3.05, 3.63) is 42.0 Å². The zero-order valence-corrected chi connectivity index (χ0v) is 15.8. The van der Waals surface area contributed by atoms with Gasteiger partial charge in [0.05, 0.1) is 5.69 Å². The number of allylic oxidation sites excluding steroid dienone is 2. The van der Waals surface area contributed by atoms with Gasteiger partial charge in [-0.05, 0) is 62.7 Å². The second-order valence-electron chi connectivity index (χ2n) is 7.50. The molecule has 1 nitrogen and oxygen atoms in total. The number of hydrogen-bond donors (Lipinski definition) is 0. The second-order valence-corrected chi connectivity index (χ2v) is 7.50. The van der Waals surface area contributed by atoms with Gasteiger partial charge in [0.2, 0.25) is 0 Å². The third-order valence-electron chi connectivity index (χ3n) is 4.01. The molecule has 1 aromatic carbocycles. The largest absolute Gasteiger partial charge is 0.253 e. The van der Waals surface area contributed by atoms with Crippen LogP contribution in [0.4, 0.5) is 5.69 Å². The average molecular weight is 314 g/mol. The summed E-state index contributed by atoms with van der Waals surface area (Å²) in [4.78, 5) is 4.88. The summed E-state index contributed by atoms with van der Waals surface area (Å²) in [5, 5.41) is 0. The topological polar surface area (TPSA) is 12.4 Å². The Balaban J connectivity index is 2.71. The van der Waals surface area contributed by atoms with E-state index in [1.54, 1.807) is 0 Å². The Morgan fingerprint density at radius 3 is 2.04 bits per heavy atom. The van der Waals surface area contributed by atoms with Crippen molar-refractivity contribution in [3.8, 4) is 0 Å². The van der Waals surface area contributed by atoms with Crippen molar-refractivity contribution in [2.45, 2.75) is 73.1 Å². The second kappa shape index (κ2) is 11.2. The molecule has 0 aliphatic rings. The monoisotopic (exact) mass is 313 g/mol. The van der Waals surface area contributed by atoms with Gasteiger partial charge in [0.1, 0.15) is 0 Å². The molecule has 0 unspecified atom stereocenters. The molecule has 1 rings (SSSR count). The van der Waals surface area contributed by atoms with E-state index in [-0.39, 0.29) is 0 Å². The Morgan fingerprint density at radius 1 is 0.913 bits per heavy atom. The van der Waals surface area contributed by atoms with Crippen molar-refractivity contribution in [2.24, 2.45) is 16.8 Å². The Bertz CT molecular complexity index is 480. The van der Waals surface area contributed by atoms with E-state index < -0.39 is 0 Å². The molecule has 0 N–H and O–H groups in total. The summed E-state index contributed by atoms with van der Waals surface area (Å²) in [6.07, 6.45) is 9.68. The minimum Gasteiger partial charge on any atom is -0.253 e. The average Bonchev–Trinajstić information content (AvgIpc) is 2.47. The fourth-order valence-corrected chi connectivity index (χ4v) is 2.67. The van der Waals surface area contributed by atoms with Gasteiger partial charge in [-0.25, -0.2) is 0 Å². The van der Waals surface area contributed by atoms with E-state index in [0.717, 1.165) is 23.9 Å². The van der Waals surface area contributed by atoms with Gasteiger partial charge in [0, 0.05) is 5.71 Å². The van der Waals surface area contributed by atoms with Gasteiger partial charge in [0.25, 0.3) is 0 Å². The summed E-state index contributed by atoms with van der Waals surface area (Å²) < 4.78 is 0. The molecule has 0 atom stereocenters. The number of rotatable bonds is 10. The Labute approximate surface area is 143 Å². The standard InChI is InChI=1S/C22H35N/c1-18(2)11-9-13-20(5)17-22(16-10-12-19(3)4)23-21-14-7-6-8-15-21/h6-8,14-15,17-19H,9-13,16H2,1-5H3. The van der Waals surface area contributed by atoms with Crippen LogP contribution in [0.1, 0.15) is 73.1 Å². The SMILES string of the molecule is CC(=CC(CCCC(C)C)=Nc1ccccc1)CCCC(C)C. The fraction of sp³-hybridized carbons (Fsp3) is 0.591. The van der Waals surface area contributed by atoms with E-state index in [0.29, 0.717) is 0 Å². The van der Waals surface area contributed by atoms with Gasteiger partial charge in [0.15, 0.2) is 0 Å². The van der Waals surface area contributed by atoms with Crippen LogP contribution in [0.3, 0.4) is 0 Å². The predicted octanol–water partition coefficient (Wildman–Crippen LogP) is 7.36. The molecule has 0 aliphatic carbocycles. The van der Waals surface area contributed by atoms with Crippen LogP contribution in [-0.2, 0) is 0 Å². The van der Waals surface area contributed by atoms with Crippen molar-refractivity contribution in [3.63, 3.8) is 0 Å². The number of benzene rings is 1. The van der Waals surface area contributed by atoms with Crippen LogP contribution < -0.4 is 0 Å². The van der Waals surface area contributed by atoms with E-state index in [4.69, 9.17) is 4.99 Å². The summed E-state index contributed by atoms with van der Waals surface area (Å²) in [5.41, 5.74) is 3.77. The van der Waals surface area contributed by atoms with Crippen molar-refractivity contribution in [2.75, 3.05) is 0 Å². The van der Waals surface area contributed by atoms with Crippen LogP contribution >= 0.6 is 0 Å². The smallest absolute Gasteiger partial charge is 0.0632 e. The minimum absolute atomic E-state index is 0.768. The van der Waals surface area contributed by atoms with Crippen LogP contribution in [0.5, 0.6) is 0 Å². The maximum Gasteiger partial charge on any atom is 0.0632 e. The third-order valence-corrected chi connectivity index (χ3v) is 4.01. The van der Waals surface area contributed by atoms with Crippen molar-refractivity contribution in [1.82, 2.24) is 0 Å². The van der Waals surface area contributed by atoms with Gasteiger partial charge in [-0.2, -0.15) is 0 Å². The first-order chi connectivity index (χ1) is 11.0. The molecule has 0 saturated heterocycles. The summed E-state index contributed by atoms with van der Waals surface area (Å²) in [5.74, 6) is 1.57. The van der Waals surface area contributed by atoms with Gasteiger partial charge in [-0.3, -0.25) is 4.99 Å². The molecule has 0 spiro atoms. The van der Waals surface area contributed by atoms with Gasteiger partial charge in [-0.15, -0.1) is 0 Å². The number of para-hydroxylation sites is 1. The first-order valence-electron chi connectivity index (χ1n) is 9.27. The van der Waals surface area contributed by atoms with Crippen molar-refractivity contribution >= 4 is 11.4 Å². The van der Waals surface area contributed by atoms with Gasteiger partial charge >= 0.3 is 0 Å². The number of nitrogens with zero attached hydrogens (tertiary/aromatic N) is 1. The molecule has 128 valence electrons. The zero-order chi connectivity index (χ0) is 17.1. The van der Waals surface area contributed by atoms with E-state index >= 15 is 0 Å². The molecular weight excluding hydrogens is 278 g/mol. The lowest BCUT2D eigenvalue weighted by molar-refractivity contribution is 0.554. The summed E-state index contributed by atoms with van der Waals surface area (Å²) in [6.45, 7) is 11.4. The van der Waals surface area contributed by atoms with Gasteiger partial charge in [-0.1, -0.05) is 64.3 Å². The fourth-order valence-electron chi connectivity index (χ4n) is 2.67. The molecular formula is C22H35N. The molecule has 0 radical (unpaired) electrons. The first-order valence-corrected chi connectivity index (χ1v) is 9.27. The minimum atomic E-state index is 0.768. The van der Waals surface area contributed by atoms with Crippen LogP contribution in [0.25, 0.3) is 0 Å². The molecule has 0 saturated carbocycles. The highest BCUT2D eigenvalue weighted by Gasteiger charge is 2.02. The van der Waals surface area contributed by atoms with Crippen LogP contribution in [0.2, 0.25) is 0 Å². The van der Waals surface area contributed by atoms with Crippen LogP contribution in [0, 0.1) is 11.8 Å². The first kappa shape index (κ1) is 19.7. The highest BCUT2D eigenvalue weighted by Crippen LogP contribution is 2.17. The van der Waals surface area contributed by atoms with Crippen LogP contribution in [0.15, 0.2) is 47.0 Å². The van der Waals surface area contributed by atoms with Crippen molar-refractivity contribution < 1.29 is 0 Å². The highest BCUT2D eigenvalue weighted by molar-refractivity contribution is 5.97. The normalized spacial score (nSPS) is 13.2. The van der Waals surface area contributed by atoms with E-state index in [9.17, 15) is 0 Å². The van der Waals surface area contributed by atoms with Crippen LogP contribution in [-0.4, -0.2) is 5.71 Å². The maximum atomic E-state index is 4.88.